The van der Waals surface area contributed by atoms with Gasteiger partial charge < -0.3 is 10.6 Å². The second-order valence-corrected chi connectivity index (χ2v) is 6.06. The lowest BCUT2D eigenvalue weighted by molar-refractivity contribution is 0.686. The summed E-state index contributed by atoms with van der Waals surface area (Å²) in [6.45, 7) is 5.07. The Morgan fingerprint density at radius 3 is 2.54 bits per heavy atom. The molecule has 0 fully saturated rings. The van der Waals surface area contributed by atoms with Crippen molar-refractivity contribution >= 4 is 5.96 Å². The second-order valence-electron chi connectivity index (χ2n) is 6.06. The van der Waals surface area contributed by atoms with Crippen molar-refractivity contribution in [2.24, 2.45) is 4.99 Å². The molecular formula is C21H25N5. The summed E-state index contributed by atoms with van der Waals surface area (Å²) in [6, 6.07) is 20.8. The van der Waals surface area contributed by atoms with Crippen molar-refractivity contribution in [3.8, 4) is 0 Å². The SMILES string of the molecule is CCNC(=NCc1cccc(Cn2cccn2)c1)NCc1ccccc1. The highest BCUT2D eigenvalue weighted by molar-refractivity contribution is 5.79. The van der Waals surface area contributed by atoms with Crippen LogP contribution in [0.15, 0.2) is 78.0 Å². The van der Waals surface area contributed by atoms with Crippen molar-refractivity contribution in [3.05, 3.63) is 89.7 Å². The van der Waals surface area contributed by atoms with Crippen molar-refractivity contribution in [1.82, 2.24) is 20.4 Å². The third-order valence-electron chi connectivity index (χ3n) is 3.96. The Bertz CT molecular complexity index is 809. The normalized spacial score (nSPS) is 11.3. The highest BCUT2D eigenvalue weighted by Crippen LogP contribution is 2.08. The van der Waals surface area contributed by atoms with E-state index in [1.54, 1.807) is 6.20 Å². The molecule has 26 heavy (non-hydrogen) atoms. The molecule has 5 nitrogen and oxygen atoms in total. The van der Waals surface area contributed by atoms with Crippen LogP contribution in [-0.2, 0) is 19.6 Å². The Balaban J connectivity index is 1.61. The lowest BCUT2D eigenvalue weighted by atomic mass is 10.1. The van der Waals surface area contributed by atoms with Crippen molar-refractivity contribution < 1.29 is 0 Å². The highest BCUT2D eigenvalue weighted by atomic mass is 15.3. The zero-order chi connectivity index (χ0) is 18.0. The quantitative estimate of drug-likeness (QED) is 0.510. The first kappa shape index (κ1) is 17.7. The molecule has 0 aliphatic heterocycles. The Morgan fingerprint density at radius 1 is 0.962 bits per heavy atom. The van der Waals surface area contributed by atoms with Gasteiger partial charge in [0, 0.05) is 25.5 Å². The number of nitrogens with zero attached hydrogens (tertiary/aromatic N) is 3. The van der Waals surface area contributed by atoms with E-state index in [4.69, 9.17) is 4.99 Å². The fourth-order valence-corrected chi connectivity index (χ4v) is 2.70. The first-order chi connectivity index (χ1) is 12.8. The lowest BCUT2D eigenvalue weighted by Crippen LogP contribution is -2.36. The molecule has 5 heteroatoms. The predicted molar refractivity (Wildman–Crippen MR) is 106 cm³/mol. The van der Waals surface area contributed by atoms with Crippen LogP contribution in [0.4, 0.5) is 0 Å². The maximum absolute atomic E-state index is 4.71. The van der Waals surface area contributed by atoms with E-state index in [1.807, 2.05) is 35.1 Å². The van der Waals surface area contributed by atoms with Gasteiger partial charge in [0.25, 0.3) is 0 Å². The molecule has 1 aromatic heterocycles. The number of guanidine groups is 1. The van der Waals surface area contributed by atoms with Crippen molar-refractivity contribution in [2.75, 3.05) is 6.54 Å². The summed E-state index contributed by atoms with van der Waals surface area (Å²) < 4.78 is 1.92. The van der Waals surface area contributed by atoms with Gasteiger partial charge in [0.05, 0.1) is 13.1 Å². The number of aromatic nitrogens is 2. The Hall–Kier alpha value is -3.08. The molecule has 0 saturated carbocycles. The van der Waals surface area contributed by atoms with E-state index in [1.165, 1.54) is 16.7 Å². The van der Waals surface area contributed by atoms with Gasteiger partial charge in [-0.3, -0.25) is 4.68 Å². The van der Waals surface area contributed by atoms with Crippen LogP contribution in [0.2, 0.25) is 0 Å². The molecule has 0 saturated heterocycles. The average molecular weight is 347 g/mol. The Morgan fingerprint density at radius 2 is 1.77 bits per heavy atom. The summed E-state index contributed by atoms with van der Waals surface area (Å²) in [7, 11) is 0. The van der Waals surface area contributed by atoms with Gasteiger partial charge in [-0.25, -0.2) is 4.99 Å². The third kappa shape index (κ3) is 5.48. The van der Waals surface area contributed by atoms with E-state index in [0.717, 1.165) is 25.6 Å². The molecule has 0 spiro atoms. The summed E-state index contributed by atoms with van der Waals surface area (Å²) in [4.78, 5) is 4.71. The number of hydrogen-bond acceptors (Lipinski definition) is 2. The lowest BCUT2D eigenvalue weighted by Gasteiger charge is -2.11. The van der Waals surface area contributed by atoms with Gasteiger partial charge in [0.2, 0.25) is 0 Å². The summed E-state index contributed by atoms with van der Waals surface area (Å²) >= 11 is 0. The molecule has 0 radical (unpaired) electrons. The van der Waals surface area contributed by atoms with Crippen LogP contribution in [0.5, 0.6) is 0 Å². The van der Waals surface area contributed by atoms with Crippen LogP contribution in [0.25, 0.3) is 0 Å². The second kappa shape index (κ2) is 9.42. The molecule has 3 aromatic rings. The molecule has 0 amide bonds. The van der Waals surface area contributed by atoms with Crippen LogP contribution in [0.3, 0.4) is 0 Å². The van der Waals surface area contributed by atoms with Crippen LogP contribution in [0, 0.1) is 0 Å². The van der Waals surface area contributed by atoms with Crippen molar-refractivity contribution in [1.29, 1.82) is 0 Å². The summed E-state index contributed by atoms with van der Waals surface area (Å²) in [6.07, 6.45) is 3.77. The van der Waals surface area contributed by atoms with E-state index < -0.39 is 0 Å². The first-order valence-corrected chi connectivity index (χ1v) is 8.95. The third-order valence-corrected chi connectivity index (χ3v) is 3.96. The monoisotopic (exact) mass is 347 g/mol. The van der Waals surface area contributed by atoms with Gasteiger partial charge in [-0.2, -0.15) is 5.10 Å². The van der Waals surface area contributed by atoms with E-state index in [-0.39, 0.29) is 0 Å². The average Bonchev–Trinajstić information content (AvgIpc) is 3.18. The largest absolute Gasteiger partial charge is 0.357 e. The predicted octanol–water partition coefficient (Wildman–Crippen LogP) is 3.19. The molecule has 3 rings (SSSR count). The van der Waals surface area contributed by atoms with Gasteiger partial charge in [-0.05, 0) is 29.7 Å². The number of aliphatic imine (C=N–C) groups is 1. The van der Waals surface area contributed by atoms with Gasteiger partial charge in [0.15, 0.2) is 5.96 Å². The molecule has 0 unspecified atom stereocenters. The maximum Gasteiger partial charge on any atom is 0.191 e. The van der Waals surface area contributed by atoms with Crippen molar-refractivity contribution in [2.45, 2.75) is 26.6 Å². The van der Waals surface area contributed by atoms with Gasteiger partial charge >= 0.3 is 0 Å². The van der Waals surface area contributed by atoms with Gasteiger partial charge in [0.1, 0.15) is 0 Å². The van der Waals surface area contributed by atoms with Crippen LogP contribution in [0.1, 0.15) is 23.6 Å². The highest BCUT2D eigenvalue weighted by Gasteiger charge is 2.00. The van der Waals surface area contributed by atoms with Gasteiger partial charge in [-0.1, -0.05) is 54.6 Å². The molecule has 0 bridgehead atoms. The van der Waals surface area contributed by atoms with E-state index in [9.17, 15) is 0 Å². The standard InChI is InChI=1S/C21H25N5/c1-2-22-21(23-15-18-8-4-3-5-9-18)24-16-19-10-6-11-20(14-19)17-26-13-7-12-25-26/h3-14H,2,15-17H2,1H3,(H2,22,23,24). The Kier molecular flexibility index (Phi) is 6.42. The van der Waals surface area contributed by atoms with Gasteiger partial charge in [-0.15, -0.1) is 0 Å². The fraction of sp³-hybridized carbons (Fsp3) is 0.238. The number of nitrogens with one attached hydrogen (secondary N) is 2. The molecule has 0 aliphatic carbocycles. The molecular weight excluding hydrogens is 322 g/mol. The van der Waals surface area contributed by atoms with E-state index in [2.05, 4.69) is 59.1 Å². The number of rotatable bonds is 7. The summed E-state index contributed by atoms with van der Waals surface area (Å²) in [5, 5.41) is 10.9. The first-order valence-electron chi connectivity index (χ1n) is 8.95. The Labute approximate surface area is 154 Å². The fourth-order valence-electron chi connectivity index (χ4n) is 2.70. The molecule has 2 aromatic carbocycles. The van der Waals surface area contributed by atoms with Crippen LogP contribution in [-0.4, -0.2) is 22.3 Å². The minimum Gasteiger partial charge on any atom is -0.357 e. The molecule has 0 atom stereocenters. The zero-order valence-corrected chi connectivity index (χ0v) is 15.1. The number of benzene rings is 2. The van der Waals surface area contributed by atoms with E-state index in [0.29, 0.717) is 6.54 Å². The number of hydrogen-bond donors (Lipinski definition) is 2. The maximum atomic E-state index is 4.71. The van der Waals surface area contributed by atoms with Crippen molar-refractivity contribution in [3.63, 3.8) is 0 Å². The van der Waals surface area contributed by atoms with E-state index >= 15 is 0 Å². The minimum atomic E-state index is 0.636. The van der Waals surface area contributed by atoms with Crippen LogP contribution < -0.4 is 10.6 Å². The minimum absolute atomic E-state index is 0.636. The smallest absolute Gasteiger partial charge is 0.191 e. The zero-order valence-electron chi connectivity index (χ0n) is 15.1. The van der Waals surface area contributed by atoms with Crippen LogP contribution >= 0.6 is 0 Å². The molecule has 1 heterocycles. The molecule has 134 valence electrons. The molecule has 2 N–H and O–H groups in total. The molecule has 0 aliphatic rings. The summed E-state index contributed by atoms with van der Waals surface area (Å²) in [5.41, 5.74) is 3.65. The summed E-state index contributed by atoms with van der Waals surface area (Å²) in [5.74, 6) is 0.828. The topological polar surface area (TPSA) is 54.2 Å².